The Kier molecular flexibility index (Phi) is 5.48. The molecular weight excluding hydrogens is 341 g/mol. The summed E-state index contributed by atoms with van der Waals surface area (Å²) in [6.45, 7) is 0.436. The van der Waals surface area contributed by atoms with Gasteiger partial charge in [-0.05, 0) is 29.8 Å². The fourth-order valence-electron chi connectivity index (χ4n) is 2.86. The minimum atomic E-state index is -0.281. The van der Waals surface area contributed by atoms with E-state index in [-0.39, 0.29) is 17.1 Å². The first-order valence-electron chi connectivity index (χ1n) is 8.00. The number of ether oxygens (including phenoxy) is 2. The first kappa shape index (κ1) is 17.6. The maximum atomic E-state index is 13.1. The summed E-state index contributed by atoms with van der Waals surface area (Å²) < 4.78 is 23.9. The number of thioether (sulfide) groups is 1. The van der Waals surface area contributed by atoms with Crippen LogP contribution < -0.4 is 9.47 Å². The molecule has 6 heteroatoms. The zero-order valence-corrected chi connectivity index (χ0v) is 15.0. The van der Waals surface area contributed by atoms with Crippen molar-refractivity contribution in [2.24, 2.45) is 0 Å². The first-order valence-corrected chi connectivity index (χ1v) is 9.04. The summed E-state index contributed by atoms with van der Waals surface area (Å²) in [7, 11) is 3.21. The van der Waals surface area contributed by atoms with Gasteiger partial charge < -0.3 is 14.4 Å². The molecule has 3 rings (SSSR count). The fraction of sp³-hybridized carbons (Fsp3) is 0.316. The van der Waals surface area contributed by atoms with Crippen molar-refractivity contribution in [3.63, 3.8) is 0 Å². The average Bonchev–Trinajstić information content (AvgIpc) is 2.64. The number of hydrogen-bond acceptors (Lipinski definition) is 4. The molecule has 1 aliphatic rings. The van der Waals surface area contributed by atoms with Crippen LogP contribution in [0.3, 0.4) is 0 Å². The van der Waals surface area contributed by atoms with Crippen LogP contribution in [0.15, 0.2) is 42.5 Å². The highest BCUT2D eigenvalue weighted by atomic mass is 32.2. The maximum Gasteiger partial charge on any atom is 0.224 e. The molecule has 0 radical (unpaired) electrons. The number of nitrogens with zero attached hydrogens (tertiary/aromatic N) is 1. The van der Waals surface area contributed by atoms with E-state index in [4.69, 9.17) is 9.47 Å². The first-order chi connectivity index (χ1) is 12.1. The number of benzene rings is 2. The van der Waals surface area contributed by atoms with E-state index in [0.29, 0.717) is 24.5 Å². The van der Waals surface area contributed by atoms with Gasteiger partial charge in [0.15, 0.2) is 0 Å². The minimum Gasteiger partial charge on any atom is -0.497 e. The van der Waals surface area contributed by atoms with Crippen molar-refractivity contribution in [1.82, 2.24) is 4.90 Å². The van der Waals surface area contributed by atoms with Gasteiger partial charge in [0.25, 0.3) is 0 Å². The third-order valence-corrected chi connectivity index (χ3v) is 5.43. The minimum absolute atomic E-state index is 0.0888. The summed E-state index contributed by atoms with van der Waals surface area (Å²) >= 11 is 1.70. The number of amides is 1. The average molecular weight is 361 g/mol. The highest BCUT2D eigenvalue weighted by Crippen LogP contribution is 2.43. The fourth-order valence-corrected chi connectivity index (χ4v) is 4.12. The zero-order chi connectivity index (χ0) is 17.8. The summed E-state index contributed by atoms with van der Waals surface area (Å²) in [5.41, 5.74) is 1.83. The number of carbonyl (C=O) groups is 1. The highest BCUT2D eigenvalue weighted by molar-refractivity contribution is 7.99. The normalized spacial score (nSPS) is 17.5. The van der Waals surface area contributed by atoms with Gasteiger partial charge in [0.1, 0.15) is 22.7 Å². The molecule has 0 aromatic heterocycles. The maximum absolute atomic E-state index is 13.1. The molecule has 1 fully saturated rings. The van der Waals surface area contributed by atoms with Gasteiger partial charge in [-0.25, -0.2) is 4.39 Å². The van der Waals surface area contributed by atoms with Crippen LogP contribution >= 0.6 is 11.8 Å². The predicted molar refractivity (Wildman–Crippen MR) is 96.3 cm³/mol. The van der Waals surface area contributed by atoms with Crippen molar-refractivity contribution in [2.45, 2.75) is 18.3 Å². The van der Waals surface area contributed by atoms with Gasteiger partial charge >= 0.3 is 0 Å². The van der Waals surface area contributed by atoms with E-state index in [1.807, 2.05) is 23.1 Å². The summed E-state index contributed by atoms with van der Waals surface area (Å²) in [4.78, 5) is 14.4. The van der Waals surface area contributed by atoms with Crippen LogP contribution in [-0.2, 0) is 11.3 Å². The van der Waals surface area contributed by atoms with Crippen molar-refractivity contribution < 1.29 is 18.7 Å². The second kappa shape index (κ2) is 7.78. The number of hydrogen-bond donors (Lipinski definition) is 0. The van der Waals surface area contributed by atoms with E-state index in [9.17, 15) is 9.18 Å². The molecule has 1 aliphatic heterocycles. The molecule has 0 saturated carbocycles. The van der Waals surface area contributed by atoms with E-state index >= 15 is 0 Å². The summed E-state index contributed by atoms with van der Waals surface area (Å²) in [5, 5.41) is -0.146. The van der Waals surface area contributed by atoms with Gasteiger partial charge in [-0.1, -0.05) is 12.1 Å². The number of halogens is 1. The third-order valence-electron chi connectivity index (χ3n) is 4.17. The molecule has 1 saturated heterocycles. The summed E-state index contributed by atoms with van der Waals surface area (Å²) in [6.07, 6.45) is 0.501. The largest absolute Gasteiger partial charge is 0.497 e. The van der Waals surface area contributed by atoms with Gasteiger partial charge in [-0.2, -0.15) is 0 Å². The molecule has 0 spiro atoms. The van der Waals surface area contributed by atoms with Gasteiger partial charge in [0.05, 0.1) is 14.2 Å². The van der Waals surface area contributed by atoms with Crippen LogP contribution in [0.25, 0.3) is 0 Å². The lowest BCUT2D eigenvalue weighted by molar-refractivity contribution is -0.132. The smallest absolute Gasteiger partial charge is 0.224 e. The summed E-state index contributed by atoms with van der Waals surface area (Å²) in [6, 6.07) is 11.9. The molecule has 0 N–H and O–H groups in total. The molecule has 132 valence electrons. The standard InChI is InChI=1S/C19H20FNO3S/c1-23-15-7-8-16(17(11-15)24-2)19-21(18(22)9-10-25-19)12-13-3-5-14(20)6-4-13/h3-8,11,19H,9-10,12H2,1-2H3. The Labute approximate surface area is 150 Å². The molecule has 2 aromatic rings. The Bertz CT molecular complexity index is 751. The molecule has 1 atom stereocenters. The Hall–Kier alpha value is -2.21. The van der Waals surface area contributed by atoms with E-state index < -0.39 is 0 Å². The zero-order valence-electron chi connectivity index (χ0n) is 14.2. The Balaban J connectivity index is 1.92. The molecule has 25 heavy (non-hydrogen) atoms. The van der Waals surface area contributed by atoms with Crippen LogP contribution in [0.2, 0.25) is 0 Å². The Morgan fingerprint density at radius 3 is 2.60 bits per heavy atom. The Morgan fingerprint density at radius 2 is 1.92 bits per heavy atom. The number of carbonyl (C=O) groups excluding carboxylic acids is 1. The van der Waals surface area contributed by atoms with Crippen molar-refractivity contribution in [3.8, 4) is 11.5 Å². The van der Waals surface area contributed by atoms with Gasteiger partial charge in [0, 0.05) is 30.3 Å². The molecule has 2 aromatic carbocycles. The lowest BCUT2D eigenvalue weighted by Crippen LogP contribution is -2.36. The van der Waals surface area contributed by atoms with Gasteiger partial charge in [-0.3, -0.25) is 4.79 Å². The van der Waals surface area contributed by atoms with Crippen LogP contribution in [0, 0.1) is 5.82 Å². The van der Waals surface area contributed by atoms with E-state index in [2.05, 4.69) is 0 Å². The quantitative estimate of drug-likeness (QED) is 0.807. The molecule has 1 heterocycles. The molecule has 0 aliphatic carbocycles. The molecule has 4 nitrogen and oxygen atoms in total. The van der Waals surface area contributed by atoms with E-state index in [1.165, 1.54) is 12.1 Å². The van der Waals surface area contributed by atoms with Crippen LogP contribution in [-0.4, -0.2) is 30.8 Å². The molecular formula is C19H20FNO3S. The second-order valence-electron chi connectivity index (χ2n) is 5.73. The SMILES string of the molecule is COc1ccc(C2SCCC(=O)N2Cc2ccc(F)cc2)c(OC)c1. The van der Waals surface area contributed by atoms with Crippen LogP contribution in [0.5, 0.6) is 11.5 Å². The topological polar surface area (TPSA) is 38.8 Å². The van der Waals surface area contributed by atoms with Crippen molar-refractivity contribution in [2.75, 3.05) is 20.0 Å². The van der Waals surface area contributed by atoms with Crippen molar-refractivity contribution in [3.05, 3.63) is 59.4 Å². The lowest BCUT2D eigenvalue weighted by Gasteiger charge is -2.36. The van der Waals surface area contributed by atoms with Crippen LogP contribution in [0.1, 0.15) is 22.9 Å². The van der Waals surface area contributed by atoms with Gasteiger partial charge in [-0.15, -0.1) is 11.8 Å². The van der Waals surface area contributed by atoms with Crippen molar-refractivity contribution >= 4 is 17.7 Å². The Morgan fingerprint density at radius 1 is 1.16 bits per heavy atom. The highest BCUT2D eigenvalue weighted by Gasteiger charge is 2.31. The predicted octanol–water partition coefficient (Wildman–Crippen LogP) is 4.01. The lowest BCUT2D eigenvalue weighted by atomic mass is 10.1. The van der Waals surface area contributed by atoms with Crippen LogP contribution in [0.4, 0.5) is 4.39 Å². The third kappa shape index (κ3) is 3.90. The molecule has 1 unspecified atom stereocenters. The number of rotatable bonds is 5. The van der Waals surface area contributed by atoms with E-state index in [0.717, 1.165) is 16.9 Å². The van der Waals surface area contributed by atoms with Crippen molar-refractivity contribution in [1.29, 1.82) is 0 Å². The van der Waals surface area contributed by atoms with Gasteiger partial charge in [0.2, 0.25) is 5.91 Å². The molecule has 0 bridgehead atoms. The monoisotopic (exact) mass is 361 g/mol. The second-order valence-corrected chi connectivity index (χ2v) is 6.92. The van der Waals surface area contributed by atoms with E-state index in [1.54, 1.807) is 38.1 Å². The summed E-state index contributed by atoms with van der Waals surface area (Å²) in [5.74, 6) is 1.97. The molecule has 1 amide bonds. The number of methoxy groups -OCH3 is 2.